The molecule has 1 aliphatic carbocycles. The summed E-state index contributed by atoms with van der Waals surface area (Å²) in [5.41, 5.74) is 0.398. The molecule has 2 amide bonds. The maximum atomic E-state index is 13.0. The fourth-order valence-electron chi connectivity index (χ4n) is 3.49. The molecule has 2 heterocycles. The summed E-state index contributed by atoms with van der Waals surface area (Å²) in [6.07, 6.45) is 7.38. The molecule has 5 heteroatoms. The van der Waals surface area contributed by atoms with Crippen LogP contribution < -0.4 is 5.32 Å². The minimum atomic E-state index is -0.658. The predicted molar refractivity (Wildman–Crippen MR) is 78.3 cm³/mol. The Morgan fingerprint density at radius 2 is 1.90 bits per heavy atom. The summed E-state index contributed by atoms with van der Waals surface area (Å²) >= 11 is 0. The number of nitrogens with one attached hydrogen (secondary N) is 1. The van der Waals surface area contributed by atoms with E-state index < -0.39 is 5.54 Å². The largest absolute Gasteiger partial charge is 0.342 e. The third-order valence-electron chi connectivity index (χ3n) is 4.74. The molecule has 2 aliphatic rings. The van der Waals surface area contributed by atoms with Crippen molar-refractivity contribution in [1.29, 1.82) is 0 Å². The lowest BCUT2D eigenvalue weighted by atomic mass is 9.94. The highest BCUT2D eigenvalue weighted by Gasteiger charge is 2.47. The first-order chi connectivity index (χ1) is 10.1. The van der Waals surface area contributed by atoms with E-state index in [9.17, 15) is 9.59 Å². The van der Waals surface area contributed by atoms with E-state index in [4.69, 9.17) is 0 Å². The Bertz CT molecular complexity index is 538. The highest BCUT2D eigenvalue weighted by Crippen LogP contribution is 2.35. The highest BCUT2D eigenvalue weighted by atomic mass is 16.2. The average molecular weight is 287 g/mol. The molecule has 0 radical (unpaired) electrons. The van der Waals surface area contributed by atoms with Crippen LogP contribution in [0.15, 0.2) is 24.5 Å². The van der Waals surface area contributed by atoms with Crippen LogP contribution in [0.1, 0.15) is 50.6 Å². The molecule has 1 atom stereocenters. The molecule has 21 heavy (non-hydrogen) atoms. The summed E-state index contributed by atoms with van der Waals surface area (Å²) in [7, 11) is 0. The standard InChI is InChI=1S/C16H21N3O2/c1-12(13-4-9-17-10-5-13)19-11-6-14(20)18-16(15(19)21)7-2-3-8-16/h4-5,9-10,12H,2-3,6-8,11H2,1H3,(H,18,20). The number of aromatic nitrogens is 1. The summed E-state index contributed by atoms with van der Waals surface area (Å²) < 4.78 is 0. The first kappa shape index (κ1) is 14.0. The third kappa shape index (κ3) is 2.52. The van der Waals surface area contributed by atoms with Gasteiger partial charge < -0.3 is 10.2 Å². The predicted octanol–water partition coefficient (Wildman–Crippen LogP) is 1.80. The zero-order valence-electron chi connectivity index (χ0n) is 12.3. The van der Waals surface area contributed by atoms with Crippen LogP contribution in [0.4, 0.5) is 0 Å². The molecular weight excluding hydrogens is 266 g/mol. The molecule has 2 fully saturated rings. The first-order valence-corrected chi connectivity index (χ1v) is 7.64. The molecule has 1 aliphatic heterocycles. The van der Waals surface area contributed by atoms with Crippen molar-refractivity contribution < 1.29 is 9.59 Å². The van der Waals surface area contributed by atoms with Gasteiger partial charge in [0, 0.05) is 25.4 Å². The number of hydrogen-bond acceptors (Lipinski definition) is 3. The Labute approximate surface area is 124 Å². The van der Waals surface area contributed by atoms with Crippen molar-refractivity contribution in [3.8, 4) is 0 Å². The van der Waals surface area contributed by atoms with E-state index in [1.807, 2.05) is 24.0 Å². The van der Waals surface area contributed by atoms with Crippen molar-refractivity contribution in [2.24, 2.45) is 0 Å². The van der Waals surface area contributed by atoms with Gasteiger partial charge in [0.25, 0.3) is 0 Å². The molecular formula is C16H21N3O2. The zero-order valence-corrected chi connectivity index (χ0v) is 12.3. The molecule has 0 aromatic carbocycles. The molecule has 1 aromatic heterocycles. The van der Waals surface area contributed by atoms with Crippen LogP contribution in [0.2, 0.25) is 0 Å². The van der Waals surface area contributed by atoms with E-state index in [0.29, 0.717) is 13.0 Å². The van der Waals surface area contributed by atoms with Crippen LogP contribution in [0, 0.1) is 0 Å². The van der Waals surface area contributed by atoms with Gasteiger partial charge in [-0.1, -0.05) is 12.8 Å². The van der Waals surface area contributed by atoms with Crippen molar-refractivity contribution in [2.75, 3.05) is 6.54 Å². The molecule has 5 nitrogen and oxygen atoms in total. The third-order valence-corrected chi connectivity index (χ3v) is 4.74. The second-order valence-corrected chi connectivity index (χ2v) is 6.04. The van der Waals surface area contributed by atoms with Crippen molar-refractivity contribution >= 4 is 11.8 Å². The molecule has 1 saturated heterocycles. The van der Waals surface area contributed by atoms with Crippen LogP contribution in [0.3, 0.4) is 0 Å². The number of nitrogens with zero attached hydrogens (tertiary/aromatic N) is 2. The van der Waals surface area contributed by atoms with Crippen molar-refractivity contribution in [3.63, 3.8) is 0 Å². The Kier molecular flexibility index (Phi) is 3.66. The van der Waals surface area contributed by atoms with Gasteiger partial charge in [-0.25, -0.2) is 0 Å². The zero-order chi connectivity index (χ0) is 14.9. The van der Waals surface area contributed by atoms with Gasteiger partial charge in [0.05, 0.1) is 6.04 Å². The second kappa shape index (κ2) is 5.47. The van der Waals surface area contributed by atoms with E-state index in [2.05, 4.69) is 10.3 Å². The molecule has 1 unspecified atom stereocenters. The van der Waals surface area contributed by atoms with Gasteiger partial charge in [-0.15, -0.1) is 0 Å². The molecule has 1 saturated carbocycles. The van der Waals surface area contributed by atoms with Crippen molar-refractivity contribution in [1.82, 2.24) is 15.2 Å². The Morgan fingerprint density at radius 1 is 1.24 bits per heavy atom. The van der Waals surface area contributed by atoms with Gasteiger partial charge in [0.15, 0.2) is 0 Å². The summed E-state index contributed by atoms with van der Waals surface area (Å²) in [6, 6.07) is 3.82. The molecule has 1 N–H and O–H groups in total. The lowest BCUT2D eigenvalue weighted by molar-refractivity contribution is -0.140. The fraction of sp³-hybridized carbons (Fsp3) is 0.562. The summed E-state index contributed by atoms with van der Waals surface area (Å²) in [6.45, 7) is 2.50. The monoisotopic (exact) mass is 287 g/mol. The molecule has 112 valence electrons. The van der Waals surface area contributed by atoms with Crippen molar-refractivity contribution in [2.45, 2.75) is 50.6 Å². The average Bonchev–Trinajstić information content (AvgIpc) is 2.92. The minimum absolute atomic E-state index is 0.00493. The maximum absolute atomic E-state index is 13.0. The van der Waals surface area contributed by atoms with Crippen LogP contribution >= 0.6 is 0 Å². The fourth-order valence-corrected chi connectivity index (χ4v) is 3.49. The van der Waals surface area contributed by atoms with E-state index in [-0.39, 0.29) is 17.9 Å². The van der Waals surface area contributed by atoms with Crippen LogP contribution in [-0.4, -0.2) is 33.8 Å². The van der Waals surface area contributed by atoms with E-state index >= 15 is 0 Å². The van der Waals surface area contributed by atoms with Gasteiger partial charge >= 0.3 is 0 Å². The van der Waals surface area contributed by atoms with E-state index in [0.717, 1.165) is 31.2 Å². The number of carbonyl (C=O) groups is 2. The lowest BCUT2D eigenvalue weighted by Gasteiger charge is -2.35. The Hall–Kier alpha value is -1.91. The normalized spacial score (nSPS) is 23.0. The van der Waals surface area contributed by atoms with Gasteiger partial charge in [-0.2, -0.15) is 0 Å². The van der Waals surface area contributed by atoms with Crippen LogP contribution in [0.5, 0.6) is 0 Å². The van der Waals surface area contributed by atoms with Crippen LogP contribution in [0.25, 0.3) is 0 Å². The maximum Gasteiger partial charge on any atom is 0.248 e. The summed E-state index contributed by atoms with van der Waals surface area (Å²) in [5, 5.41) is 3.00. The molecule has 1 spiro atoms. The SMILES string of the molecule is CC(c1ccncc1)N1CCC(=O)NC2(CCCC2)C1=O. The first-order valence-electron chi connectivity index (χ1n) is 7.64. The van der Waals surface area contributed by atoms with Crippen molar-refractivity contribution in [3.05, 3.63) is 30.1 Å². The molecule has 1 aromatic rings. The highest BCUT2D eigenvalue weighted by molar-refractivity contribution is 5.94. The minimum Gasteiger partial charge on any atom is -0.342 e. The Balaban J connectivity index is 1.90. The van der Waals surface area contributed by atoms with E-state index in [1.165, 1.54) is 0 Å². The topological polar surface area (TPSA) is 62.3 Å². The Morgan fingerprint density at radius 3 is 2.57 bits per heavy atom. The lowest BCUT2D eigenvalue weighted by Crippen LogP contribution is -2.55. The van der Waals surface area contributed by atoms with Gasteiger partial charge in [-0.3, -0.25) is 14.6 Å². The second-order valence-electron chi connectivity index (χ2n) is 6.04. The number of pyridine rings is 1. The van der Waals surface area contributed by atoms with Gasteiger partial charge in [-0.05, 0) is 37.5 Å². The van der Waals surface area contributed by atoms with Crippen LogP contribution in [-0.2, 0) is 9.59 Å². The number of hydrogen-bond donors (Lipinski definition) is 1. The van der Waals surface area contributed by atoms with Gasteiger partial charge in [0.1, 0.15) is 5.54 Å². The number of carbonyl (C=O) groups excluding carboxylic acids is 2. The van der Waals surface area contributed by atoms with Gasteiger partial charge in [0.2, 0.25) is 11.8 Å². The quantitative estimate of drug-likeness (QED) is 0.902. The smallest absolute Gasteiger partial charge is 0.248 e. The summed E-state index contributed by atoms with van der Waals surface area (Å²) in [4.78, 5) is 30.9. The summed E-state index contributed by atoms with van der Waals surface area (Å²) in [5.74, 6) is 0.0739. The molecule has 3 rings (SSSR count). The molecule has 0 bridgehead atoms. The number of rotatable bonds is 2. The van der Waals surface area contributed by atoms with E-state index in [1.54, 1.807) is 12.4 Å². The number of amides is 2.